The molecule has 0 spiro atoms. The average Bonchev–Trinajstić information content (AvgIpc) is 2.79. The third-order valence-corrected chi connectivity index (χ3v) is 5.63. The van der Waals surface area contributed by atoms with Crippen LogP contribution in [0.1, 0.15) is 43.5 Å². The van der Waals surface area contributed by atoms with Gasteiger partial charge in [0.25, 0.3) is 0 Å². The van der Waals surface area contributed by atoms with E-state index in [-0.39, 0.29) is 17.0 Å². The van der Waals surface area contributed by atoms with Gasteiger partial charge in [-0.15, -0.1) is 0 Å². The van der Waals surface area contributed by atoms with Crippen LogP contribution in [0, 0.1) is 17.2 Å². The molecule has 0 saturated heterocycles. The van der Waals surface area contributed by atoms with E-state index in [0.29, 0.717) is 11.1 Å². The number of halogens is 3. The highest BCUT2D eigenvalue weighted by molar-refractivity contribution is 6.06. The molecule has 3 rings (SSSR count). The Balaban J connectivity index is 2.30. The van der Waals surface area contributed by atoms with E-state index in [0.717, 1.165) is 28.0 Å². The topological polar surface area (TPSA) is 102 Å². The van der Waals surface area contributed by atoms with Gasteiger partial charge < -0.3 is 10.0 Å². The summed E-state index contributed by atoms with van der Waals surface area (Å²) in [5.74, 6) is -2.31. The van der Waals surface area contributed by atoms with Gasteiger partial charge in [-0.2, -0.15) is 18.4 Å². The zero-order valence-electron chi connectivity index (χ0n) is 19.1. The maximum absolute atomic E-state index is 13.6. The average molecular weight is 485 g/mol. The normalized spacial score (nSPS) is 16.5. The summed E-state index contributed by atoms with van der Waals surface area (Å²) in [6, 6.07) is 10.0. The molecule has 1 aliphatic heterocycles. The number of Topliss-reactive ketones (excluding diaryl/α,β-unsaturated/α-hetero) is 1. The van der Waals surface area contributed by atoms with Crippen molar-refractivity contribution >= 4 is 23.5 Å². The maximum Gasteiger partial charge on any atom is 0.416 e. The van der Waals surface area contributed by atoms with E-state index in [1.54, 1.807) is 13.8 Å². The second-order valence-electron chi connectivity index (χ2n) is 8.34. The third kappa shape index (κ3) is 5.04. The lowest BCUT2D eigenvalue weighted by molar-refractivity contribution is -0.138. The van der Waals surface area contributed by atoms with Gasteiger partial charge in [0.2, 0.25) is 0 Å². The number of amides is 2. The predicted octanol–water partition coefficient (Wildman–Crippen LogP) is 5.14. The number of hydrogen-bond acceptors (Lipinski definition) is 4. The summed E-state index contributed by atoms with van der Waals surface area (Å²) in [6.45, 7) is 3.90. The van der Waals surface area contributed by atoms with E-state index < -0.39 is 48.0 Å². The molecule has 0 bridgehead atoms. The van der Waals surface area contributed by atoms with E-state index in [2.05, 4.69) is 0 Å². The predicted molar refractivity (Wildman–Crippen MR) is 120 cm³/mol. The van der Waals surface area contributed by atoms with Gasteiger partial charge in [-0.1, -0.05) is 32.0 Å². The maximum atomic E-state index is 13.6. The fourth-order valence-corrected chi connectivity index (χ4v) is 4.00. The number of alkyl halides is 3. The van der Waals surface area contributed by atoms with E-state index >= 15 is 0 Å². The first-order chi connectivity index (χ1) is 16.4. The number of urea groups is 1. The SMILES string of the molecule is CC1=C(C(=O)C(C)C)[C@@H](c2ccc(C#N)cc2)N(CC(=O)O)C(=O)N1c1cccc(C(F)(F)F)c1. The van der Waals surface area contributed by atoms with Crippen LogP contribution in [0.4, 0.5) is 23.7 Å². The summed E-state index contributed by atoms with van der Waals surface area (Å²) >= 11 is 0. The van der Waals surface area contributed by atoms with Crippen molar-refractivity contribution in [3.8, 4) is 6.07 Å². The zero-order valence-corrected chi connectivity index (χ0v) is 19.1. The van der Waals surface area contributed by atoms with Crippen LogP contribution in [-0.4, -0.2) is 34.3 Å². The molecule has 0 aliphatic carbocycles. The minimum absolute atomic E-state index is 0.0861. The number of nitriles is 1. The number of rotatable bonds is 6. The molecule has 0 aromatic heterocycles. The molecule has 10 heteroatoms. The highest BCUT2D eigenvalue weighted by Gasteiger charge is 2.43. The lowest BCUT2D eigenvalue weighted by atomic mass is 9.86. The van der Waals surface area contributed by atoms with Gasteiger partial charge in [-0.3, -0.25) is 14.5 Å². The summed E-state index contributed by atoms with van der Waals surface area (Å²) in [5.41, 5.74) is -0.238. The van der Waals surface area contributed by atoms with Gasteiger partial charge in [-0.25, -0.2) is 4.79 Å². The molecular formula is C25H22F3N3O4. The van der Waals surface area contributed by atoms with Gasteiger partial charge in [0.15, 0.2) is 5.78 Å². The Morgan fingerprint density at radius 3 is 2.29 bits per heavy atom. The Morgan fingerprint density at radius 1 is 1.14 bits per heavy atom. The number of nitrogens with zero attached hydrogens (tertiary/aromatic N) is 3. The van der Waals surface area contributed by atoms with E-state index in [4.69, 9.17) is 5.26 Å². The molecule has 1 aliphatic rings. The second-order valence-corrected chi connectivity index (χ2v) is 8.34. The lowest BCUT2D eigenvalue weighted by Gasteiger charge is -2.43. The highest BCUT2D eigenvalue weighted by atomic mass is 19.4. The zero-order chi connectivity index (χ0) is 26.1. The van der Waals surface area contributed by atoms with Gasteiger partial charge in [-0.05, 0) is 42.8 Å². The van der Waals surface area contributed by atoms with Crippen molar-refractivity contribution in [2.45, 2.75) is 33.0 Å². The molecule has 0 fully saturated rings. The third-order valence-electron chi connectivity index (χ3n) is 5.63. The first kappa shape index (κ1) is 25.5. The number of ketones is 1. The number of carboxylic acids is 1. The Morgan fingerprint density at radius 2 is 1.77 bits per heavy atom. The number of aliphatic carboxylic acids is 1. The summed E-state index contributed by atoms with van der Waals surface area (Å²) in [7, 11) is 0. The van der Waals surface area contributed by atoms with Crippen LogP contribution in [0.2, 0.25) is 0 Å². The molecule has 0 saturated carbocycles. The molecule has 0 unspecified atom stereocenters. The summed E-state index contributed by atoms with van der Waals surface area (Å²) < 4.78 is 40.1. The number of anilines is 1. The molecule has 35 heavy (non-hydrogen) atoms. The van der Waals surface area contributed by atoms with Gasteiger partial charge in [0.1, 0.15) is 6.54 Å². The van der Waals surface area contributed by atoms with Gasteiger partial charge >= 0.3 is 18.2 Å². The number of carboxylic acid groups (broad SMARTS) is 1. The van der Waals surface area contributed by atoms with Crippen molar-refractivity contribution in [1.82, 2.24) is 4.90 Å². The fourth-order valence-electron chi connectivity index (χ4n) is 4.00. The van der Waals surface area contributed by atoms with Crippen LogP contribution in [0.15, 0.2) is 59.8 Å². The van der Waals surface area contributed by atoms with Crippen LogP contribution in [0.3, 0.4) is 0 Å². The number of carbonyl (C=O) groups is 3. The summed E-state index contributed by atoms with van der Waals surface area (Å²) in [6.07, 6.45) is -4.67. The molecule has 2 aromatic rings. The second kappa shape index (κ2) is 9.62. The van der Waals surface area contributed by atoms with Crippen molar-refractivity contribution in [1.29, 1.82) is 5.26 Å². The number of allylic oxidation sites excluding steroid dienone is 1. The first-order valence-electron chi connectivity index (χ1n) is 10.6. The summed E-state index contributed by atoms with van der Waals surface area (Å²) in [4.78, 5) is 40.5. The largest absolute Gasteiger partial charge is 0.480 e. The molecule has 182 valence electrons. The van der Waals surface area contributed by atoms with E-state index in [1.807, 2.05) is 6.07 Å². The summed E-state index contributed by atoms with van der Waals surface area (Å²) in [5, 5.41) is 18.6. The van der Waals surface area contributed by atoms with Gasteiger partial charge in [0, 0.05) is 17.2 Å². The standard InChI is InChI=1S/C25H22F3N3O4/c1-14(2)23(34)21-15(3)31(19-6-4-5-18(11-19)25(26,27)28)24(35)30(13-20(32)33)22(21)17-9-7-16(12-29)8-10-17/h4-11,14,22H,13H2,1-3H3,(H,32,33)/t22-/m1/s1. The molecule has 1 atom stereocenters. The number of hydrogen-bond donors (Lipinski definition) is 1. The fraction of sp³-hybridized carbons (Fsp3) is 0.280. The molecule has 0 radical (unpaired) electrons. The number of carbonyl (C=O) groups excluding carboxylic acids is 2. The molecular weight excluding hydrogens is 463 g/mol. The number of benzene rings is 2. The Kier molecular flexibility index (Phi) is 7.01. The molecule has 1 heterocycles. The van der Waals surface area contributed by atoms with Crippen LogP contribution < -0.4 is 4.90 Å². The molecule has 2 amide bonds. The van der Waals surface area contributed by atoms with Crippen LogP contribution >= 0.6 is 0 Å². The first-order valence-corrected chi connectivity index (χ1v) is 10.6. The van der Waals surface area contributed by atoms with Crippen molar-refractivity contribution in [2.24, 2.45) is 5.92 Å². The molecule has 7 nitrogen and oxygen atoms in total. The Hall–Kier alpha value is -4.13. The Bertz CT molecular complexity index is 1240. The van der Waals surface area contributed by atoms with E-state index in [1.165, 1.54) is 37.3 Å². The monoisotopic (exact) mass is 485 g/mol. The smallest absolute Gasteiger partial charge is 0.416 e. The van der Waals surface area contributed by atoms with Crippen LogP contribution in [-0.2, 0) is 15.8 Å². The quantitative estimate of drug-likeness (QED) is 0.610. The van der Waals surface area contributed by atoms with Crippen molar-refractivity contribution in [2.75, 3.05) is 11.4 Å². The highest BCUT2D eigenvalue weighted by Crippen LogP contribution is 2.41. The molecule has 1 N–H and O–H groups in total. The van der Waals surface area contributed by atoms with E-state index in [9.17, 15) is 32.7 Å². The van der Waals surface area contributed by atoms with Crippen molar-refractivity contribution < 1.29 is 32.7 Å². The van der Waals surface area contributed by atoms with Crippen molar-refractivity contribution in [3.63, 3.8) is 0 Å². The lowest BCUT2D eigenvalue weighted by Crippen LogP contribution is -2.52. The van der Waals surface area contributed by atoms with Gasteiger partial charge in [0.05, 0.1) is 28.9 Å². The van der Waals surface area contributed by atoms with Crippen molar-refractivity contribution in [3.05, 3.63) is 76.5 Å². The molecule has 2 aromatic carbocycles. The van der Waals surface area contributed by atoms with Crippen LogP contribution in [0.5, 0.6) is 0 Å². The van der Waals surface area contributed by atoms with Crippen LogP contribution in [0.25, 0.3) is 0 Å². The Labute approximate surface area is 199 Å². The minimum atomic E-state index is -4.67. The minimum Gasteiger partial charge on any atom is -0.480 e.